The van der Waals surface area contributed by atoms with Gasteiger partial charge in [0.15, 0.2) is 0 Å². The average molecular weight is 304 g/mol. The zero-order chi connectivity index (χ0) is 15.9. The van der Waals surface area contributed by atoms with E-state index in [0.29, 0.717) is 18.3 Å². The van der Waals surface area contributed by atoms with Gasteiger partial charge >= 0.3 is 11.8 Å². The molecular weight excluding hydrogens is 280 g/mol. The lowest BCUT2D eigenvalue weighted by molar-refractivity contribution is -0.136. The lowest BCUT2D eigenvalue weighted by Gasteiger charge is -2.23. The van der Waals surface area contributed by atoms with Crippen molar-refractivity contribution >= 4 is 17.5 Å². The highest BCUT2D eigenvalue weighted by Crippen LogP contribution is 2.21. The minimum absolute atomic E-state index is 0.477. The third kappa shape index (κ3) is 4.53. The first kappa shape index (κ1) is 16.4. The summed E-state index contributed by atoms with van der Waals surface area (Å²) in [6.07, 6.45) is 8.21. The summed E-state index contributed by atoms with van der Waals surface area (Å²) in [7, 11) is 2.07. The molecule has 0 spiro atoms. The van der Waals surface area contributed by atoms with Gasteiger partial charge in [0, 0.05) is 25.3 Å². The van der Waals surface area contributed by atoms with Gasteiger partial charge < -0.3 is 15.5 Å². The van der Waals surface area contributed by atoms with Crippen LogP contribution in [0.1, 0.15) is 31.2 Å². The first-order valence-electron chi connectivity index (χ1n) is 7.78. The van der Waals surface area contributed by atoms with E-state index >= 15 is 0 Å². The van der Waals surface area contributed by atoms with Gasteiger partial charge in [-0.2, -0.15) is 0 Å². The molecule has 0 unspecified atom stereocenters. The molecule has 1 fully saturated rings. The van der Waals surface area contributed by atoms with Crippen LogP contribution in [0.4, 0.5) is 5.69 Å². The molecular formula is C16H24N4O2. The van der Waals surface area contributed by atoms with E-state index in [1.54, 1.807) is 12.3 Å². The molecule has 0 atom stereocenters. The van der Waals surface area contributed by atoms with E-state index < -0.39 is 11.8 Å². The molecule has 1 aliphatic carbocycles. The summed E-state index contributed by atoms with van der Waals surface area (Å²) in [6.45, 7) is 3.09. The first-order valence-corrected chi connectivity index (χ1v) is 7.78. The normalized spacial score (nSPS) is 15.0. The molecule has 0 saturated heterocycles. The van der Waals surface area contributed by atoms with Crippen molar-refractivity contribution in [2.24, 2.45) is 0 Å². The van der Waals surface area contributed by atoms with Crippen LogP contribution in [0.15, 0.2) is 18.5 Å². The SMILES string of the molecule is Cc1ccncc1NC(=O)C(=O)NCCN(C)C1CCCC1. The standard InChI is InChI=1S/C16H24N4O2/c1-12-7-8-17-11-14(12)19-16(22)15(21)18-9-10-20(2)13-5-3-4-6-13/h7-8,11,13H,3-6,9-10H2,1-2H3,(H,18,21)(H,19,22). The fourth-order valence-corrected chi connectivity index (χ4v) is 2.73. The maximum Gasteiger partial charge on any atom is 0.313 e. The maximum absolute atomic E-state index is 11.8. The lowest BCUT2D eigenvalue weighted by atomic mass is 10.2. The maximum atomic E-state index is 11.8. The number of nitrogens with one attached hydrogen (secondary N) is 2. The molecule has 0 aromatic carbocycles. The van der Waals surface area contributed by atoms with Gasteiger partial charge in [0.1, 0.15) is 0 Å². The van der Waals surface area contributed by atoms with Gasteiger partial charge in [-0.3, -0.25) is 14.6 Å². The largest absolute Gasteiger partial charge is 0.347 e. The van der Waals surface area contributed by atoms with Crippen LogP contribution in [0.2, 0.25) is 0 Å². The Bertz CT molecular complexity index is 527. The van der Waals surface area contributed by atoms with E-state index in [2.05, 4.69) is 27.6 Å². The summed E-state index contributed by atoms with van der Waals surface area (Å²) in [5, 5.41) is 5.24. The second kappa shape index (κ2) is 7.89. The van der Waals surface area contributed by atoms with E-state index in [1.165, 1.54) is 31.9 Å². The highest BCUT2D eigenvalue weighted by Gasteiger charge is 2.20. The minimum Gasteiger partial charge on any atom is -0.347 e. The van der Waals surface area contributed by atoms with Crippen molar-refractivity contribution < 1.29 is 9.59 Å². The quantitative estimate of drug-likeness (QED) is 0.805. The molecule has 0 aliphatic heterocycles. The number of hydrogen-bond donors (Lipinski definition) is 2. The van der Waals surface area contributed by atoms with Crippen LogP contribution in [-0.2, 0) is 9.59 Å². The van der Waals surface area contributed by atoms with Gasteiger partial charge in [0.05, 0.1) is 11.9 Å². The number of amides is 2. The van der Waals surface area contributed by atoms with Crippen molar-refractivity contribution in [1.82, 2.24) is 15.2 Å². The third-order valence-corrected chi connectivity index (χ3v) is 4.19. The van der Waals surface area contributed by atoms with Crippen LogP contribution in [0.3, 0.4) is 0 Å². The zero-order valence-electron chi connectivity index (χ0n) is 13.3. The molecule has 2 rings (SSSR count). The van der Waals surface area contributed by atoms with Gasteiger partial charge in [-0.1, -0.05) is 12.8 Å². The van der Waals surface area contributed by atoms with Gasteiger partial charge in [-0.15, -0.1) is 0 Å². The number of carbonyl (C=O) groups excluding carboxylic acids is 2. The summed E-state index contributed by atoms with van der Waals surface area (Å²) >= 11 is 0. The number of aromatic nitrogens is 1. The average Bonchev–Trinajstić information content (AvgIpc) is 3.03. The molecule has 2 amide bonds. The predicted octanol–water partition coefficient (Wildman–Crippen LogP) is 1.32. The van der Waals surface area contributed by atoms with Crippen LogP contribution in [-0.4, -0.2) is 47.9 Å². The summed E-state index contributed by atoms with van der Waals surface area (Å²) in [5.74, 6) is -1.26. The number of hydrogen-bond acceptors (Lipinski definition) is 4. The van der Waals surface area contributed by atoms with Crippen LogP contribution < -0.4 is 10.6 Å². The van der Waals surface area contributed by atoms with Crippen molar-refractivity contribution in [3.8, 4) is 0 Å². The van der Waals surface area contributed by atoms with Crippen molar-refractivity contribution in [3.63, 3.8) is 0 Å². The van der Waals surface area contributed by atoms with Crippen LogP contribution >= 0.6 is 0 Å². The van der Waals surface area contributed by atoms with Crippen LogP contribution in [0.25, 0.3) is 0 Å². The smallest absolute Gasteiger partial charge is 0.313 e. The Morgan fingerprint density at radius 1 is 1.32 bits per heavy atom. The fourth-order valence-electron chi connectivity index (χ4n) is 2.73. The molecule has 1 heterocycles. The Kier molecular flexibility index (Phi) is 5.89. The fraction of sp³-hybridized carbons (Fsp3) is 0.562. The summed E-state index contributed by atoms with van der Waals surface area (Å²) in [6, 6.07) is 2.40. The van der Waals surface area contributed by atoms with Crippen LogP contribution in [0.5, 0.6) is 0 Å². The summed E-state index contributed by atoms with van der Waals surface area (Å²) < 4.78 is 0. The van der Waals surface area contributed by atoms with Crippen LogP contribution in [0, 0.1) is 6.92 Å². The van der Waals surface area contributed by atoms with Gasteiger partial charge in [-0.05, 0) is 38.4 Å². The second-order valence-electron chi connectivity index (χ2n) is 5.82. The first-order chi connectivity index (χ1) is 10.6. The zero-order valence-corrected chi connectivity index (χ0v) is 13.3. The number of carbonyl (C=O) groups is 2. The number of rotatable bonds is 5. The van der Waals surface area contributed by atoms with Crippen molar-refractivity contribution in [1.29, 1.82) is 0 Å². The molecule has 22 heavy (non-hydrogen) atoms. The molecule has 1 saturated carbocycles. The molecule has 0 bridgehead atoms. The highest BCUT2D eigenvalue weighted by atomic mass is 16.2. The Morgan fingerprint density at radius 2 is 2.05 bits per heavy atom. The number of nitrogens with zero attached hydrogens (tertiary/aromatic N) is 2. The van der Waals surface area contributed by atoms with E-state index in [-0.39, 0.29) is 0 Å². The molecule has 120 valence electrons. The molecule has 2 N–H and O–H groups in total. The Balaban J connectivity index is 1.72. The molecule has 1 aromatic heterocycles. The second-order valence-corrected chi connectivity index (χ2v) is 5.82. The Morgan fingerprint density at radius 3 is 2.73 bits per heavy atom. The van der Waals surface area contributed by atoms with Gasteiger partial charge in [0.25, 0.3) is 0 Å². The van der Waals surface area contributed by atoms with Crippen molar-refractivity contribution in [2.75, 3.05) is 25.5 Å². The molecule has 1 aliphatic rings. The monoisotopic (exact) mass is 304 g/mol. The highest BCUT2D eigenvalue weighted by molar-refractivity contribution is 6.39. The lowest BCUT2D eigenvalue weighted by Crippen LogP contribution is -2.41. The van der Waals surface area contributed by atoms with E-state index in [1.807, 2.05) is 6.92 Å². The van der Waals surface area contributed by atoms with Crippen molar-refractivity contribution in [3.05, 3.63) is 24.0 Å². The minimum atomic E-state index is -0.653. The predicted molar refractivity (Wildman–Crippen MR) is 85.5 cm³/mol. The summed E-state index contributed by atoms with van der Waals surface area (Å²) in [5.41, 5.74) is 1.43. The van der Waals surface area contributed by atoms with E-state index in [9.17, 15) is 9.59 Å². The Labute approximate surface area is 131 Å². The molecule has 6 heteroatoms. The van der Waals surface area contributed by atoms with Gasteiger partial charge in [-0.25, -0.2) is 0 Å². The van der Waals surface area contributed by atoms with E-state index in [0.717, 1.165) is 12.1 Å². The summed E-state index contributed by atoms with van der Waals surface area (Å²) in [4.78, 5) is 29.8. The van der Waals surface area contributed by atoms with Crippen molar-refractivity contribution in [2.45, 2.75) is 38.6 Å². The molecule has 6 nitrogen and oxygen atoms in total. The third-order valence-electron chi connectivity index (χ3n) is 4.19. The Hall–Kier alpha value is -1.95. The van der Waals surface area contributed by atoms with Gasteiger partial charge in [0.2, 0.25) is 0 Å². The molecule has 0 radical (unpaired) electrons. The number of pyridine rings is 1. The molecule has 1 aromatic rings. The van der Waals surface area contributed by atoms with E-state index in [4.69, 9.17) is 0 Å². The number of anilines is 1. The number of likely N-dealkylation sites (N-methyl/N-ethyl adjacent to an activating group) is 1. The number of aryl methyl sites for hydroxylation is 1. The topological polar surface area (TPSA) is 74.3 Å².